The number of anilines is 1. The summed E-state index contributed by atoms with van der Waals surface area (Å²) in [6.07, 6.45) is 0. The molecule has 12 heteroatoms. The standard InChI is InChI=1S/C19H18Cl2N2O7S/c1-29-17(24)10-23(11-18(25)30-2)19(26)12-4-3-5-13(8-12)22-31(27,28)14-6-7-15(20)16(21)9-14/h3-9,22H,10-11H2,1-2H3. The molecular formula is C19H18Cl2N2O7S. The largest absolute Gasteiger partial charge is 0.468 e. The molecule has 2 aromatic carbocycles. The van der Waals surface area contributed by atoms with E-state index in [1.165, 1.54) is 42.5 Å². The van der Waals surface area contributed by atoms with Crippen molar-refractivity contribution in [1.29, 1.82) is 0 Å². The first kappa shape index (κ1) is 24.4. The van der Waals surface area contributed by atoms with E-state index in [2.05, 4.69) is 14.2 Å². The molecule has 0 aliphatic heterocycles. The summed E-state index contributed by atoms with van der Waals surface area (Å²) in [7, 11) is -1.75. The van der Waals surface area contributed by atoms with Gasteiger partial charge in [0.2, 0.25) is 0 Å². The predicted octanol–water partition coefficient (Wildman–Crippen LogP) is 2.58. The fourth-order valence-electron chi connectivity index (χ4n) is 2.40. The van der Waals surface area contributed by atoms with Gasteiger partial charge in [-0.25, -0.2) is 8.42 Å². The normalized spacial score (nSPS) is 10.8. The van der Waals surface area contributed by atoms with E-state index in [1.807, 2.05) is 0 Å². The van der Waals surface area contributed by atoms with Gasteiger partial charge in [-0.1, -0.05) is 29.3 Å². The monoisotopic (exact) mass is 488 g/mol. The first-order chi connectivity index (χ1) is 14.6. The molecule has 1 N–H and O–H groups in total. The molecule has 0 aromatic heterocycles. The van der Waals surface area contributed by atoms with Crippen LogP contribution in [0.2, 0.25) is 10.0 Å². The van der Waals surface area contributed by atoms with Crippen LogP contribution >= 0.6 is 23.2 Å². The van der Waals surface area contributed by atoms with Crippen LogP contribution < -0.4 is 4.72 Å². The van der Waals surface area contributed by atoms with E-state index in [-0.39, 0.29) is 26.2 Å². The Hall–Kier alpha value is -2.82. The van der Waals surface area contributed by atoms with Crippen molar-refractivity contribution in [3.05, 3.63) is 58.1 Å². The quantitative estimate of drug-likeness (QED) is 0.566. The molecule has 0 aliphatic rings. The molecule has 0 unspecified atom stereocenters. The number of benzene rings is 2. The molecule has 31 heavy (non-hydrogen) atoms. The highest BCUT2D eigenvalue weighted by molar-refractivity contribution is 7.92. The second kappa shape index (κ2) is 10.5. The number of hydrogen-bond donors (Lipinski definition) is 1. The van der Waals surface area contributed by atoms with Crippen LogP contribution in [-0.2, 0) is 29.1 Å². The predicted molar refractivity (Wildman–Crippen MR) is 114 cm³/mol. The molecule has 0 bridgehead atoms. The maximum atomic E-state index is 12.8. The Kier molecular flexibility index (Phi) is 8.26. The van der Waals surface area contributed by atoms with Gasteiger partial charge in [0.15, 0.2) is 0 Å². The molecule has 166 valence electrons. The number of carbonyl (C=O) groups is 3. The maximum absolute atomic E-state index is 12.8. The molecule has 0 saturated heterocycles. The van der Waals surface area contributed by atoms with Gasteiger partial charge in [-0.05, 0) is 36.4 Å². The van der Waals surface area contributed by atoms with Crippen molar-refractivity contribution in [2.75, 3.05) is 32.0 Å². The highest BCUT2D eigenvalue weighted by Crippen LogP contribution is 2.26. The number of ether oxygens (including phenoxy) is 2. The number of rotatable bonds is 8. The molecule has 0 heterocycles. The summed E-state index contributed by atoms with van der Waals surface area (Å²) < 4.78 is 36.7. The SMILES string of the molecule is COC(=O)CN(CC(=O)OC)C(=O)c1cccc(NS(=O)(=O)c2ccc(Cl)c(Cl)c2)c1. The summed E-state index contributed by atoms with van der Waals surface area (Å²) in [5, 5.41) is 0.263. The first-order valence-electron chi connectivity index (χ1n) is 8.58. The summed E-state index contributed by atoms with van der Waals surface area (Å²) in [6, 6.07) is 9.34. The van der Waals surface area contributed by atoms with Crippen molar-refractivity contribution in [1.82, 2.24) is 4.90 Å². The van der Waals surface area contributed by atoms with Crippen molar-refractivity contribution in [3.63, 3.8) is 0 Å². The van der Waals surface area contributed by atoms with Crippen LogP contribution in [0.25, 0.3) is 0 Å². The molecule has 0 atom stereocenters. The van der Waals surface area contributed by atoms with Crippen LogP contribution in [0.15, 0.2) is 47.4 Å². The number of nitrogens with one attached hydrogen (secondary N) is 1. The number of amides is 1. The summed E-state index contributed by atoms with van der Waals surface area (Å²) in [5.74, 6) is -2.19. The Labute approximate surface area is 188 Å². The lowest BCUT2D eigenvalue weighted by Crippen LogP contribution is -2.40. The van der Waals surface area contributed by atoms with Crippen LogP contribution in [-0.4, -0.2) is 58.5 Å². The molecule has 1 amide bonds. The number of carbonyl (C=O) groups excluding carboxylic acids is 3. The molecule has 2 rings (SSSR count). The number of esters is 2. The molecule has 0 radical (unpaired) electrons. The Morgan fingerprint density at radius 2 is 1.55 bits per heavy atom. The zero-order valence-corrected chi connectivity index (χ0v) is 18.8. The van der Waals surface area contributed by atoms with Crippen molar-refractivity contribution in [3.8, 4) is 0 Å². The van der Waals surface area contributed by atoms with E-state index < -0.39 is 41.0 Å². The average Bonchev–Trinajstić information content (AvgIpc) is 2.74. The summed E-state index contributed by atoms with van der Waals surface area (Å²) >= 11 is 11.7. The van der Waals surface area contributed by atoms with Gasteiger partial charge in [-0.2, -0.15) is 0 Å². The highest BCUT2D eigenvalue weighted by Gasteiger charge is 2.23. The van der Waals surface area contributed by atoms with Gasteiger partial charge >= 0.3 is 11.9 Å². The number of nitrogens with zero attached hydrogens (tertiary/aromatic N) is 1. The van der Waals surface area contributed by atoms with Crippen molar-refractivity contribution < 1.29 is 32.3 Å². The molecule has 0 saturated carbocycles. The summed E-state index contributed by atoms with van der Waals surface area (Å²) in [4.78, 5) is 36.8. The molecule has 0 aliphatic carbocycles. The van der Waals surface area contributed by atoms with Gasteiger partial charge in [0.1, 0.15) is 13.1 Å². The Morgan fingerprint density at radius 1 is 0.935 bits per heavy atom. The number of halogens is 2. The van der Waals surface area contributed by atoms with Gasteiger partial charge in [0.25, 0.3) is 15.9 Å². The zero-order valence-electron chi connectivity index (χ0n) is 16.4. The van der Waals surface area contributed by atoms with Gasteiger partial charge in [0.05, 0.1) is 29.2 Å². The van der Waals surface area contributed by atoms with E-state index >= 15 is 0 Å². The Morgan fingerprint density at radius 3 is 2.10 bits per heavy atom. The number of sulfonamides is 1. The minimum absolute atomic E-state index is 0.0298. The van der Waals surface area contributed by atoms with E-state index in [9.17, 15) is 22.8 Å². The molecule has 2 aromatic rings. The highest BCUT2D eigenvalue weighted by atomic mass is 35.5. The minimum atomic E-state index is -4.03. The van der Waals surface area contributed by atoms with Crippen LogP contribution in [0.4, 0.5) is 5.69 Å². The molecule has 0 spiro atoms. The smallest absolute Gasteiger partial charge is 0.325 e. The van der Waals surface area contributed by atoms with Crippen LogP contribution in [0.3, 0.4) is 0 Å². The maximum Gasteiger partial charge on any atom is 0.325 e. The fourth-order valence-corrected chi connectivity index (χ4v) is 3.83. The van der Waals surface area contributed by atoms with Gasteiger partial charge in [-0.3, -0.25) is 19.1 Å². The second-order valence-electron chi connectivity index (χ2n) is 6.08. The third-order valence-electron chi connectivity index (χ3n) is 3.95. The van der Waals surface area contributed by atoms with E-state index in [0.717, 1.165) is 19.1 Å². The van der Waals surface area contributed by atoms with E-state index in [4.69, 9.17) is 23.2 Å². The van der Waals surface area contributed by atoms with Crippen molar-refractivity contribution >= 4 is 56.8 Å². The Balaban J connectivity index is 2.29. The summed E-state index contributed by atoms with van der Waals surface area (Å²) in [6.45, 7) is -0.993. The molecule has 0 fully saturated rings. The van der Waals surface area contributed by atoms with E-state index in [0.29, 0.717) is 0 Å². The van der Waals surface area contributed by atoms with Gasteiger partial charge in [-0.15, -0.1) is 0 Å². The van der Waals surface area contributed by atoms with Crippen molar-refractivity contribution in [2.24, 2.45) is 0 Å². The van der Waals surface area contributed by atoms with Gasteiger partial charge in [0, 0.05) is 11.3 Å². The average molecular weight is 489 g/mol. The van der Waals surface area contributed by atoms with Gasteiger partial charge < -0.3 is 14.4 Å². The lowest BCUT2D eigenvalue weighted by molar-refractivity contribution is -0.144. The lowest BCUT2D eigenvalue weighted by atomic mass is 10.1. The third kappa shape index (κ3) is 6.58. The summed E-state index contributed by atoms with van der Waals surface area (Å²) in [5.41, 5.74) is 0.107. The number of methoxy groups -OCH3 is 2. The van der Waals surface area contributed by atoms with Crippen LogP contribution in [0.5, 0.6) is 0 Å². The number of hydrogen-bond acceptors (Lipinski definition) is 7. The second-order valence-corrected chi connectivity index (χ2v) is 8.57. The molecular weight excluding hydrogens is 471 g/mol. The first-order valence-corrected chi connectivity index (χ1v) is 10.8. The van der Waals surface area contributed by atoms with E-state index in [1.54, 1.807) is 0 Å². The lowest BCUT2D eigenvalue weighted by Gasteiger charge is -2.20. The Bertz CT molecular complexity index is 1090. The third-order valence-corrected chi connectivity index (χ3v) is 6.06. The fraction of sp³-hybridized carbons (Fsp3) is 0.211. The van der Waals surface area contributed by atoms with Crippen LogP contribution in [0, 0.1) is 0 Å². The zero-order chi connectivity index (χ0) is 23.2. The topological polar surface area (TPSA) is 119 Å². The molecule has 9 nitrogen and oxygen atoms in total. The van der Waals surface area contributed by atoms with Crippen LogP contribution in [0.1, 0.15) is 10.4 Å². The van der Waals surface area contributed by atoms with Crippen molar-refractivity contribution in [2.45, 2.75) is 4.90 Å². The minimum Gasteiger partial charge on any atom is -0.468 e.